The maximum Gasteiger partial charge on any atom is 0.244 e. The monoisotopic (exact) mass is 653 g/mol. The molecule has 45 heavy (non-hydrogen) atoms. The molecule has 0 aliphatic heterocycles. The van der Waals surface area contributed by atoms with Crippen molar-refractivity contribution in [2.45, 2.75) is 108 Å². The van der Waals surface area contributed by atoms with Gasteiger partial charge in [0.05, 0.1) is 11.9 Å². The van der Waals surface area contributed by atoms with Gasteiger partial charge in [0.15, 0.2) is 0 Å². The van der Waals surface area contributed by atoms with E-state index in [4.69, 9.17) is 11.6 Å². The molecule has 7 rings (SSSR count). The number of nitrogens with one attached hydrogen (secondary N) is 1. The van der Waals surface area contributed by atoms with Crippen LogP contribution in [0.2, 0.25) is 5.02 Å². The SMILES string of the molecule is CCC(C(=O)NC1CCCCC1)N(Cc1ccccc1Cl)C(=O)CN(c1ccc(C23CC4CC(CC(C4)C2)C3)cc1)S(C)(=O)=O. The standard InChI is InChI=1S/C36H48ClN3O4S/c1-3-33(35(42)38-30-10-5-4-6-11-30)39(23-28-9-7-8-12-32(28)37)34(41)24-40(45(2,43)44)31-15-13-29(14-16-31)36-20-25-17-26(21-36)19-27(18-25)22-36/h7-9,12-16,25-27,30,33H,3-6,10-11,17-24H2,1-2H3,(H,38,42). The first-order valence-corrected chi connectivity index (χ1v) is 19.2. The van der Waals surface area contributed by atoms with Crippen molar-refractivity contribution >= 4 is 39.1 Å². The Hall–Kier alpha value is -2.58. The van der Waals surface area contributed by atoms with Gasteiger partial charge in [0.2, 0.25) is 21.8 Å². The molecular formula is C36H48ClN3O4S. The van der Waals surface area contributed by atoms with E-state index in [1.54, 1.807) is 6.07 Å². The van der Waals surface area contributed by atoms with Crippen molar-refractivity contribution in [1.82, 2.24) is 10.2 Å². The molecule has 0 aromatic heterocycles. The van der Waals surface area contributed by atoms with Crippen molar-refractivity contribution in [3.05, 3.63) is 64.7 Å². The Morgan fingerprint density at radius 3 is 2.09 bits per heavy atom. The summed E-state index contributed by atoms with van der Waals surface area (Å²) in [6.07, 6.45) is 14.5. The normalized spacial score (nSPS) is 26.8. The van der Waals surface area contributed by atoms with Crippen LogP contribution >= 0.6 is 11.6 Å². The van der Waals surface area contributed by atoms with E-state index in [1.807, 2.05) is 37.3 Å². The minimum atomic E-state index is -3.80. The molecule has 0 spiro atoms. The number of sulfonamides is 1. The number of hydrogen-bond donors (Lipinski definition) is 1. The quantitative estimate of drug-likeness (QED) is 0.288. The molecule has 2 aromatic carbocycles. The molecule has 0 saturated heterocycles. The molecule has 5 aliphatic rings. The first-order chi connectivity index (χ1) is 21.5. The smallest absolute Gasteiger partial charge is 0.244 e. The van der Waals surface area contributed by atoms with Gasteiger partial charge in [0.25, 0.3) is 0 Å². The van der Waals surface area contributed by atoms with Crippen molar-refractivity contribution in [1.29, 1.82) is 0 Å². The lowest BCUT2D eigenvalue weighted by Crippen LogP contribution is -2.54. The van der Waals surface area contributed by atoms with Crippen molar-refractivity contribution in [3.8, 4) is 0 Å². The zero-order chi connectivity index (χ0) is 31.8. The van der Waals surface area contributed by atoms with Gasteiger partial charge in [-0.05, 0) is 110 Å². The Kier molecular flexibility index (Phi) is 9.54. The Morgan fingerprint density at radius 1 is 0.933 bits per heavy atom. The first kappa shape index (κ1) is 32.4. The Morgan fingerprint density at radius 2 is 1.53 bits per heavy atom. The summed E-state index contributed by atoms with van der Waals surface area (Å²) in [6.45, 7) is 1.60. The van der Waals surface area contributed by atoms with E-state index in [1.165, 1.54) is 59.7 Å². The van der Waals surface area contributed by atoms with E-state index >= 15 is 0 Å². The third-order valence-corrected chi connectivity index (χ3v) is 12.6. The highest BCUT2D eigenvalue weighted by molar-refractivity contribution is 7.92. The third-order valence-electron chi connectivity index (χ3n) is 11.1. The number of rotatable bonds is 11. The van der Waals surface area contributed by atoms with Crippen LogP contribution in [0, 0.1) is 17.8 Å². The van der Waals surface area contributed by atoms with Gasteiger partial charge in [-0.15, -0.1) is 0 Å². The van der Waals surface area contributed by atoms with E-state index in [2.05, 4.69) is 17.4 Å². The first-order valence-electron chi connectivity index (χ1n) is 17.0. The number of benzene rings is 2. The van der Waals surface area contributed by atoms with E-state index in [0.29, 0.717) is 22.7 Å². The number of halogens is 1. The fraction of sp³-hybridized carbons (Fsp3) is 0.611. The van der Waals surface area contributed by atoms with Gasteiger partial charge in [-0.2, -0.15) is 0 Å². The molecular weight excluding hydrogens is 606 g/mol. The van der Waals surface area contributed by atoms with Gasteiger partial charge < -0.3 is 10.2 Å². The zero-order valence-electron chi connectivity index (χ0n) is 26.7. The lowest BCUT2D eigenvalue weighted by atomic mass is 9.48. The van der Waals surface area contributed by atoms with Gasteiger partial charge in [-0.25, -0.2) is 8.42 Å². The van der Waals surface area contributed by atoms with Crippen LogP contribution in [0.1, 0.15) is 95.1 Å². The number of nitrogens with zero attached hydrogens (tertiary/aromatic N) is 2. The largest absolute Gasteiger partial charge is 0.352 e. The molecule has 1 N–H and O–H groups in total. The predicted molar refractivity (Wildman–Crippen MR) is 180 cm³/mol. The van der Waals surface area contributed by atoms with Crippen LogP contribution < -0.4 is 9.62 Å². The maximum absolute atomic E-state index is 14.2. The van der Waals surface area contributed by atoms with Gasteiger partial charge >= 0.3 is 0 Å². The minimum Gasteiger partial charge on any atom is -0.352 e. The van der Waals surface area contributed by atoms with Crippen LogP contribution in [0.5, 0.6) is 0 Å². The molecule has 9 heteroatoms. The van der Waals surface area contributed by atoms with Gasteiger partial charge in [0.1, 0.15) is 12.6 Å². The zero-order valence-corrected chi connectivity index (χ0v) is 28.3. The summed E-state index contributed by atoms with van der Waals surface area (Å²) >= 11 is 6.51. The third kappa shape index (κ3) is 7.07. The van der Waals surface area contributed by atoms with Gasteiger partial charge in [0, 0.05) is 17.6 Å². The molecule has 7 nitrogen and oxygen atoms in total. The van der Waals surface area contributed by atoms with E-state index in [0.717, 1.165) is 49.7 Å². The van der Waals surface area contributed by atoms with Crippen LogP contribution in [0.4, 0.5) is 5.69 Å². The lowest BCUT2D eigenvalue weighted by Gasteiger charge is -2.57. The highest BCUT2D eigenvalue weighted by atomic mass is 35.5. The van der Waals surface area contributed by atoms with Crippen LogP contribution in [0.15, 0.2) is 48.5 Å². The fourth-order valence-electron chi connectivity index (χ4n) is 9.33. The summed E-state index contributed by atoms with van der Waals surface area (Å²) in [5.41, 5.74) is 2.68. The molecule has 0 radical (unpaired) electrons. The number of carbonyl (C=O) groups is 2. The fourth-order valence-corrected chi connectivity index (χ4v) is 10.4. The average molecular weight is 654 g/mol. The summed E-state index contributed by atoms with van der Waals surface area (Å²) in [4.78, 5) is 29.3. The van der Waals surface area contributed by atoms with E-state index < -0.39 is 28.5 Å². The van der Waals surface area contributed by atoms with Crippen molar-refractivity contribution in [2.24, 2.45) is 17.8 Å². The topological polar surface area (TPSA) is 86.8 Å². The van der Waals surface area contributed by atoms with Gasteiger partial charge in [-0.3, -0.25) is 13.9 Å². The number of carbonyl (C=O) groups excluding carboxylic acids is 2. The average Bonchev–Trinajstić information content (AvgIpc) is 3.00. The minimum absolute atomic E-state index is 0.0950. The Balaban J connectivity index is 1.25. The van der Waals surface area contributed by atoms with Crippen LogP contribution in [0.25, 0.3) is 0 Å². The van der Waals surface area contributed by atoms with Gasteiger partial charge in [-0.1, -0.05) is 68.1 Å². The number of hydrogen-bond acceptors (Lipinski definition) is 4. The molecule has 1 unspecified atom stereocenters. The molecule has 5 aliphatic carbocycles. The molecule has 5 fully saturated rings. The second-order valence-corrected chi connectivity index (χ2v) is 16.7. The summed E-state index contributed by atoms with van der Waals surface area (Å²) in [6, 6.07) is 14.5. The molecule has 4 bridgehead atoms. The molecule has 5 saturated carbocycles. The Bertz CT molecular complexity index is 1450. The molecule has 2 amide bonds. The summed E-state index contributed by atoms with van der Waals surface area (Å²) in [5, 5.41) is 3.68. The summed E-state index contributed by atoms with van der Waals surface area (Å²) in [5.74, 6) is 1.80. The van der Waals surface area contributed by atoms with E-state index in [-0.39, 0.29) is 23.9 Å². The maximum atomic E-state index is 14.2. The second kappa shape index (κ2) is 13.3. The summed E-state index contributed by atoms with van der Waals surface area (Å²) < 4.78 is 27.6. The highest BCUT2D eigenvalue weighted by Gasteiger charge is 2.51. The molecule has 0 heterocycles. The predicted octanol–water partition coefficient (Wildman–Crippen LogP) is 6.83. The van der Waals surface area contributed by atoms with Crippen molar-refractivity contribution in [2.75, 3.05) is 17.1 Å². The second-order valence-electron chi connectivity index (χ2n) is 14.4. The number of amides is 2. The summed E-state index contributed by atoms with van der Waals surface area (Å²) in [7, 11) is -3.80. The van der Waals surface area contributed by atoms with Crippen LogP contribution in [0.3, 0.4) is 0 Å². The highest BCUT2D eigenvalue weighted by Crippen LogP contribution is 2.60. The van der Waals surface area contributed by atoms with Crippen LogP contribution in [-0.4, -0.2) is 50.0 Å². The molecule has 2 aromatic rings. The lowest BCUT2D eigenvalue weighted by molar-refractivity contribution is -0.140. The van der Waals surface area contributed by atoms with E-state index in [9.17, 15) is 18.0 Å². The van der Waals surface area contributed by atoms with Crippen molar-refractivity contribution < 1.29 is 18.0 Å². The number of anilines is 1. The molecule has 244 valence electrons. The molecule has 1 atom stereocenters. The van der Waals surface area contributed by atoms with Crippen LogP contribution in [-0.2, 0) is 31.6 Å². The van der Waals surface area contributed by atoms with Crippen molar-refractivity contribution in [3.63, 3.8) is 0 Å². The Labute approximate surface area is 274 Å².